The molecule has 0 saturated heterocycles. The van der Waals surface area contributed by atoms with Crippen LogP contribution >= 0.6 is 0 Å². The average molecular weight is 364 g/mol. The normalized spacial score (nSPS) is 10.3. The van der Waals surface area contributed by atoms with Crippen molar-refractivity contribution in [3.8, 4) is 0 Å². The summed E-state index contributed by atoms with van der Waals surface area (Å²) in [5.74, 6) is -2.15. The van der Waals surface area contributed by atoms with E-state index in [1.54, 1.807) is 0 Å². The third-order valence-electron chi connectivity index (χ3n) is 3.52. The van der Waals surface area contributed by atoms with Crippen LogP contribution in [-0.4, -0.2) is 49.8 Å². The number of carbonyl (C=O) groups excluding carboxylic acids is 4. The van der Waals surface area contributed by atoms with Crippen LogP contribution in [0.25, 0.3) is 0 Å². The van der Waals surface area contributed by atoms with E-state index in [4.69, 9.17) is 22.9 Å². The average Bonchev–Trinajstić information content (AvgIpc) is 2.61. The highest BCUT2D eigenvalue weighted by Crippen LogP contribution is 2.21. The monoisotopic (exact) mass is 364 g/mol. The molecule has 0 spiro atoms. The highest BCUT2D eigenvalue weighted by Gasteiger charge is 2.25. The molecule has 2 amide bonds. The molecule has 0 atom stereocenters. The molecule has 0 aromatic heterocycles. The first-order chi connectivity index (χ1) is 12.4. The Balaban J connectivity index is 3.63. The molecular formula is C16H24N6O4. The SMILES string of the molecule is NCCC(=O)c1cc(C(=O)CCN)c(C(=O)NCN)cc1C(=O)NCN. The van der Waals surface area contributed by atoms with Gasteiger partial charge in [-0.3, -0.25) is 19.2 Å². The zero-order valence-electron chi connectivity index (χ0n) is 14.3. The first-order valence-corrected chi connectivity index (χ1v) is 8.02. The second kappa shape index (κ2) is 10.4. The molecule has 0 aliphatic heterocycles. The van der Waals surface area contributed by atoms with Crippen molar-refractivity contribution in [3.05, 3.63) is 34.4 Å². The first-order valence-electron chi connectivity index (χ1n) is 8.02. The molecular weight excluding hydrogens is 340 g/mol. The van der Waals surface area contributed by atoms with Crippen LogP contribution in [0.3, 0.4) is 0 Å². The van der Waals surface area contributed by atoms with Crippen LogP contribution in [0.1, 0.15) is 54.3 Å². The maximum atomic E-state index is 12.4. The number of hydrogen-bond donors (Lipinski definition) is 6. The Bertz CT molecular complexity index is 590. The van der Waals surface area contributed by atoms with E-state index >= 15 is 0 Å². The molecule has 10 nitrogen and oxygen atoms in total. The predicted molar refractivity (Wildman–Crippen MR) is 95.5 cm³/mol. The molecule has 1 rings (SSSR count). The van der Waals surface area contributed by atoms with Gasteiger partial charge < -0.3 is 33.6 Å². The van der Waals surface area contributed by atoms with Crippen LogP contribution in [0.15, 0.2) is 12.1 Å². The van der Waals surface area contributed by atoms with E-state index in [-0.39, 0.29) is 61.5 Å². The Labute approximate surface area is 150 Å². The van der Waals surface area contributed by atoms with Crippen molar-refractivity contribution in [1.82, 2.24) is 10.6 Å². The van der Waals surface area contributed by atoms with E-state index in [0.717, 1.165) is 0 Å². The third kappa shape index (κ3) is 5.17. The van der Waals surface area contributed by atoms with Crippen molar-refractivity contribution in [2.24, 2.45) is 22.9 Å². The number of nitrogens with one attached hydrogen (secondary N) is 2. The van der Waals surface area contributed by atoms with Gasteiger partial charge >= 0.3 is 0 Å². The lowest BCUT2D eigenvalue weighted by Crippen LogP contribution is -2.33. The fourth-order valence-electron chi connectivity index (χ4n) is 2.34. The van der Waals surface area contributed by atoms with Crippen LogP contribution in [0, 0.1) is 0 Å². The zero-order chi connectivity index (χ0) is 19.7. The van der Waals surface area contributed by atoms with Crippen LogP contribution in [0.4, 0.5) is 0 Å². The second-order valence-electron chi connectivity index (χ2n) is 5.29. The summed E-state index contributed by atoms with van der Waals surface area (Å²) < 4.78 is 0. The number of rotatable bonds is 10. The van der Waals surface area contributed by atoms with E-state index < -0.39 is 23.4 Å². The number of nitrogens with two attached hydrogens (primary N) is 4. The minimum atomic E-state index is -0.646. The smallest absolute Gasteiger partial charge is 0.253 e. The summed E-state index contributed by atoms with van der Waals surface area (Å²) in [6, 6.07) is 2.41. The van der Waals surface area contributed by atoms with Crippen LogP contribution in [0.2, 0.25) is 0 Å². The largest absolute Gasteiger partial charge is 0.340 e. The van der Waals surface area contributed by atoms with E-state index in [0.29, 0.717) is 0 Å². The van der Waals surface area contributed by atoms with Gasteiger partial charge in [-0.2, -0.15) is 0 Å². The van der Waals surface area contributed by atoms with Crippen molar-refractivity contribution >= 4 is 23.4 Å². The second-order valence-corrected chi connectivity index (χ2v) is 5.29. The topological polar surface area (TPSA) is 196 Å². The molecule has 0 unspecified atom stereocenters. The Morgan fingerprint density at radius 3 is 1.31 bits per heavy atom. The van der Waals surface area contributed by atoms with E-state index in [1.807, 2.05) is 0 Å². The highest BCUT2D eigenvalue weighted by atomic mass is 16.2. The van der Waals surface area contributed by atoms with Gasteiger partial charge in [0.25, 0.3) is 11.8 Å². The minimum Gasteiger partial charge on any atom is -0.340 e. The molecule has 26 heavy (non-hydrogen) atoms. The number of Topliss-reactive ketones (excluding diaryl/α,β-unsaturated/α-hetero) is 2. The zero-order valence-corrected chi connectivity index (χ0v) is 14.3. The molecule has 142 valence electrons. The maximum absolute atomic E-state index is 12.4. The summed E-state index contributed by atoms with van der Waals surface area (Å²) in [6.07, 6.45) is -0.0520. The summed E-state index contributed by atoms with van der Waals surface area (Å²) in [6.45, 7) is -0.195. The molecule has 0 aliphatic rings. The summed E-state index contributed by atoms with van der Waals surface area (Å²) in [4.78, 5) is 49.3. The molecule has 10 heteroatoms. The Hall–Kier alpha value is -2.66. The van der Waals surface area contributed by atoms with E-state index in [2.05, 4.69) is 10.6 Å². The number of carbonyl (C=O) groups is 4. The quantitative estimate of drug-likeness (QED) is 0.203. The van der Waals surface area contributed by atoms with Gasteiger partial charge in [-0.1, -0.05) is 0 Å². The highest BCUT2D eigenvalue weighted by molar-refractivity contribution is 6.14. The Morgan fingerprint density at radius 2 is 1.00 bits per heavy atom. The third-order valence-corrected chi connectivity index (χ3v) is 3.52. The first kappa shape index (κ1) is 21.4. The van der Waals surface area contributed by atoms with Gasteiger partial charge in [-0.25, -0.2) is 0 Å². The van der Waals surface area contributed by atoms with Gasteiger partial charge in [-0.15, -0.1) is 0 Å². The molecule has 0 saturated carbocycles. The van der Waals surface area contributed by atoms with E-state index in [1.165, 1.54) is 12.1 Å². The van der Waals surface area contributed by atoms with Crippen LogP contribution in [0.5, 0.6) is 0 Å². The molecule has 0 heterocycles. The summed E-state index contributed by atoms with van der Waals surface area (Å²) in [5, 5.41) is 4.73. The molecule has 0 aliphatic carbocycles. The van der Waals surface area contributed by atoms with Gasteiger partial charge in [-0.05, 0) is 25.2 Å². The summed E-state index contributed by atoms with van der Waals surface area (Å²) in [7, 11) is 0. The number of amides is 2. The lowest BCUT2D eigenvalue weighted by molar-refractivity contribution is 0.0923. The van der Waals surface area contributed by atoms with Crippen molar-refractivity contribution in [2.45, 2.75) is 12.8 Å². The number of hydrogen-bond acceptors (Lipinski definition) is 8. The molecule has 1 aromatic rings. The standard InChI is InChI=1S/C16H24N6O4/c17-3-1-13(23)9-5-10(14(24)2-4-18)12(16(26)22-8-20)6-11(9)15(25)21-7-19/h5-6H,1-4,7-8,17-20H2,(H,21,25)(H,22,26). The van der Waals surface area contributed by atoms with Crippen LogP contribution < -0.4 is 33.6 Å². The predicted octanol–water partition coefficient (Wildman–Crippen LogP) is -1.96. The van der Waals surface area contributed by atoms with Crippen molar-refractivity contribution in [2.75, 3.05) is 26.4 Å². The van der Waals surface area contributed by atoms with Gasteiger partial charge in [0.15, 0.2) is 11.6 Å². The molecule has 1 aromatic carbocycles. The van der Waals surface area contributed by atoms with Gasteiger partial charge in [0, 0.05) is 24.0 Å². The maximum Gasteiger partial charge on any atom is 0.253 e. The van der Waals surface area contributed by atoms with E-state index in [9.17, 15) is 19.2 Å². The van der Waals surface area contributed by atoms with Crippen molar-refractivity contribution < 1.29 is 19.2 Å². The molecule has 0 fully saturated rings. The number of benzene rings is 1. The molecule has 0 bridgehead atoms. The Morgan fingerprint density at radius 1 is 0.654 bits per heavy atom. The van der Waals surface area contributed by atoms with Crippen LogP contribution in [-0.2, 0) is 0 Å². The molecule has 10 N–H and O–H groups in total. The number of ketones is 2. The fourth-order valence-corrected chi connectivity index (χ4v) is 2.34. The van der Waals surface area contributed by atoms with Crippen molar-refractivity contribution in [3.63, 3.8) is 0 Å². The minimum absolute atomic E-state index is 0.00827. The van der Waals surface area contributed by atoms with Gasteiger partial charge in [0.05, 0.1) is 24.5 Å². The lowest BCUT2D eigenvalue weighted by Gasteiger charge is -2.15. The summed E-state index contributed by atoms with van der Waals surface area (Å²) >= 11 is 0. The fraction of sp³-hybridized carbons (Fsp3) is 0.375. The van der Waals surface area contributed by atoms with Gasteiger partial charge in [0.2, 0.25) is 0 Å². The summed E-state index contributed by atoms with van der Waals surface area (Å²) in [5.41, 5.74) is 21.3. The van der Waals surface area contributed by atoms with Gasteiger partial charge in [0.1, 0.15) is 0 Å². The van der Waals surface area contributed by atoms with Crippen molar-refractivity contribution in [1.29, 1.82) is 0 Å². The Kier molecular flexibility index (Phi) is 8.52. The molecule has 0 radical (unpaired) electrons. The lowest BCUT2D eigenvalue weighted by atomic mass is 9.91.